The van der Waals surface area contributed by atoms with Crippen molar-refractivity contribution in [3.8, 4) is 0 Å². The molecule has 0 saturated heterocycles. The second kappa shape index (κ2) is 10.6. The van der Waals surface area contributed by atoms with Crippen LogP contribution in [0.1, 0.15) is 44.2 Å². The number of nitrogens with zero attached hydrogens (tertiary/aromatic N) is 3. The number of benzene rings is 2. The van der Waals surface area contributed by atoms with E-state index in [-0.39, 0.29) is 33.6 Å². The van der Waals surface area contributed by atoms with Gasteiger partial charge >= 0.3 is 12.1 Å². The number of sulfonamides is 1. The number of hydrogen-bond acceptors (Lipinski definition) is 7. The minimum absolute atomic E-state index is 0.0319. The van der Waals surface area contributed by atoms with Crippen LogP contribution in [0.2, 0.25) is 5.02 Å². The van der Waals surface area contributed by atoms with Gasteiger partial charge in [0, 0.05) is 11.7 Å². The molecule has 1 N–H and O–H groups in total. The fraction of sp³-hybridized carbons (Fsp3) is 0.375. The number of aromatic nitrogens is 2. The molecule has 1 heterocycles. The topological polar surface area (TPSA) is 111 Å². The lowest BCUT2D eigenvalue weighted by Crippen LogP contribution is -2.40. The van der Waals surface area contributed by atoms with Crippen LogP contribution in [0.15, 0.2) is 35.4 Å². The van der Waals surface area contributed by atoms with Crippen molar-refractivity contribution in [3.05, 3.63) is 57.3 Å². The molecule has 0 unspecified atom stereocenters. The van der Waals surface area contributed by atoms with E-state index in [1.165, 1.54) is 25.4 Å². The zero-order valence-corrected chi connectivity index (χ0v) is 22.3. The Bertz CT molecular complexity index is 1610. The van der Waals surface area contributed by atoms with Gasteiger partial charge in [-0.25, -0.2) is 22.6 Å². The van der Waals surface area contributed by atoms with Gasteiger partial charge in [-0.3, -0.25) is 9.36 Å². The van der Waals surface area contributed by atoms with Crippen LogP contribution >= 0.6 is 11.6 Å². The van der Waals surface area contributed by atoms with Crippen molar-refractivity contribution in [3.63, 3.8) is 0 Å². The van der Waals surface area contributed by atoms with Gasteiger partial charge in [-0.05, 0) is 62.4 Å². The van der Waals surface area contributed by atoms with Gasteiger partial charge in [0.15, 0.2) is 0 Å². The third-order valence-corrected chi connectivity index (χ3v) is 8.40. The molecule has 1 aliphatic carbocycles. The SMILES string of the molecule is CCCS(=O)(=O)N(OC(=O)C(F)(F)F)c1ccc(F)c(Nc2ccc3ncn(C4CCC4)c(=O)c3c2C)c1Cl. The Kier molecular flexibility index (Phi) is 7.81. The molecule has 0 radical (unpaired) electrons. The highest BCUT2D eigenvalue weighted by atomic mass is 35.5. The standard InChI is InChI=1S/C24H23ClF4N4O5S/c1-3-11-39(36,37)33(38-23(35)24(27,28)29)18-10-7-15(26)21(20(18)25)31-16-8-9-17-19(13(16)2)22(34)32(12-30-17)14-5-4-6-14/h7-10,12,14,31H,3-6,11H2,1-2H3. The summed E-state index contributed by atoms with van der Waals surface area (Å²) in [7, 11) is -4.66. The lowest BCUT2D eigenvalue weighted by molar-refractivity contribution is -0.199. The predicted octanol–water partition coefficient (Wildman–Crippen LogP) is 5.53. The lowest BCUT2D eigenvalue weighted by atomic mass is 9.93. The van der Waals surface area contributed by atoms with E-state index in [9.17, 15) is 35.6 Å². The van der Waals surface area contributed by atoms with Gasteiger partial charge in [0.05, 0.1) is 33.7 Å². The van der Waals surface area contributed by atoms with Crippen LogP contribution in [-0.4, -0.2) is 35.9 Å². The summed E-state index contributed by atoms with van der Waals surface area (Å²) in [6.45, 7) is 3.04. The Morgan fingerprint density at radius 2 is 1.95 bits per heavy atom. The maximum Gasteiger partial charge on any atom is 0.493 e. The first-order valence-electron chi connectivity index (χ1n) is 11.8. The number of alkyl halides is 3. The number of fused-ring (bicyclic) bond motifs is 1. The zero-order chi connectivity index (χ0) is 28.7. The van der Waals surface area contributed by atoms with Gasteiger partial charge in [0.1, 0.15) is 11.5 Å². The average Bonchev–Trinajstić information content (AvgIpc) is 2.81. The monoisotopic (exact) mass is 590 g/mol. The number of halogens is 5. The Balaban J connectivity index is 1.80. The summed E-state index contributed by atoms with van der Waals surface area (Å²) in [6, 6.07) is 4.57. The third kappa shape index (κ3) is 5.53. The van der Waals surface area contributed by atoms with E-state index in [4.69, 9.17) is 11.6 Å². The van der Waals surface area contributed by atoms with E-state index in [0.29, 0.717) is 11.1 Å². The lowest BCUT2D eigenvalue weighted by Gasteiger charge is -2.27. The Morgan fingerprint density at radius 3 is 2.54 bits per heavy atom. The normalized spacial score (nSPS) is 14.2. The quantitative estimate of drug-likeness (QED) is 0.271. The van der Waals surface area contributed by atoms with Crippen LogP contribution in [0, 0.1) is 12.7 Å². The molecule has 1 saturated carbocycles. The second-order valence-electron chi connectivity index (χ2n) is 8.97. The Hall–Kier alpha value is -3.39. The molecular weight excluding hydrogens is 568 g/mol. The van der Waals surface area contributed by atoms with Gasteiger partial charge in [0.2, 0.25) is 0 Å². The number of anilines is 3. The van der Waals surface area contributed by atoms with Crippen LogP contribution in [0.25, 0.3) is 10.9 Å². The summed E-state index contributed by atoms with van der Waals surface area (Å²) in [5, 5.41) is 2.29. The molecular formula is C24H23ClF4N4O5S. The molecule has 0 bridgehead atoms. The number of aryl methyl sites for hydroxylation is 1. The number of carbonyl (C=O) groups is 1. The Morgan fingerprint density at radius 1 is 1.26 bits per heavy atom. The molecule has 0 amide bonds. The molecule has 4 rings (SSSR count). The summed E-state index contributed by atoms with van der Waals surface area (Å²) in [6.07, 6.45) is -1.39. The van der Waals surface area contributed by atoms with Gasteiger partial charge in [-0.1, -0.05) is 23.0 Å². The average molecular weight is 591 g/mol. The first-order chi connectivity index (χ1) is 18.3. The number of hydrogen-bond donors (Lipinski definition) is 1. The maximum atomic E-state index is 14.9. The predicted molar refractivity (Wildman–Crippen MR) is 137 cm³/mol. The van der Waals surface area contributed by atoms with Crippen LogP contribution < -0.4 is 15.3 Å². The minimum Gasteiger partial charge on any atom is -0.352 e. The van der Waals surface area contributed by atoms with Crippen molar-refractivity contribution in [1.29, 1.82) is 0 Å². The van der Waals surface area contributed by atoms with Gasteiger partial charge in [-0.2, -0.15) is 13.2 Å². The van der Waals surface area contributed by atoms with Gasteiger partial charge in [0.25, 0.3) is 15.6 Å². The fourth-order valence-electron chi connectivity index (χ4n) is 4.10. The molecule has 0 atom stereocenters. The van der Waals surface area contributed by atoms with Crippen molar-refractivity contribution in [2.24, 2.45) is 0 Å². The van der Waals surface area contributed by atoms with E-state index in [0.717, 1.165) is 31.4 Å². The number of carbonyl (C=O) groups excluding carboxylic acids is 1. The Labute approximate surface area is 225 Å². The molecule has 0 spiro atoms. The van der Waals surface area contributed by atoms with Crippen molar-refractivity contribution in [1.82, 2.24) is 9.55 Å². The first-order valence-corrected chi connectivity index (χ1v) is 13.8. The fourth-order valence-corrected chi connectivity index (χ4v) is 5.74. The largest absolute Gasteiger partial charge is 0.493 e. The van der Waals surface area contributed by atoms with Gasteiger partial charge < -0.3 is 10.2 Å². The third-order valence-electron chi connectivity index (χ3n) is 6.32. The van der Waals surface area contributed by atoms with Crippen LogP contribution in [0.5, 0.6) is 0 Å². The maximum absolute atomic E-state index is 14.9. The zero-order valence-electron chi connectivity index (χ0n) is 20.7. The smallest absolute Gasteiger partial charge is 0.352 e. The summed E-state index contributed by atoms with van der Waals surface area (Å²) < 4.78 is 80.4. The second-order valence-corrected chi connectivity index (χ2v) is 11.3. The molecule has 1 aliphatic rings. The first kappa shape index (κ1) is 28.6. The molecule has 1 fully saturated rings. The highest BCUT2D eigenvalue weighted by molar-refractivity contribution is 7.92. The molecule has 0 aliphatic heterocycles. The number of nitrogens with one attached hydrogen (secondary N) is 1. The summed E-state index contributed by atoms with van der Waals surface area (Å²) in [5.74, 6) is -4.49. The highest BCUT2D eigenvalue weighted by Crippen LogP contribution is 2.40. The van der Waals surface area contributed by atoms with E-state index < -0.39 is 50.1 Å². The van der Waals surface area contributed by atoms with Crippen molar-refractivity contribution < 1.29 is 35.6 Å². The van der Waals surface area contributed by atoms with Crippen LogP contribution in [0.4, 0.5) is 34.6 Å². The van der Waals surface area contributed by atoms with Crippen molar-refractivity contribution >= 4 is 55.6 Å². The minimum atomic E-state index is -5.52. The van der Waals surface area contributed by atoms with Gasteiger partial charge in [-0.15, -0.1) is 0 Å². The van der Waals surface area contributed by atoms with E-state index >= 15 is 0 Å². The van der Waals surface area contributed by atoms with E-state index in [1.54, 1.807) is 11.5 Å². The molecule has 210 valence electrons. The highest BCUT2D eigenvalue weighted by Gasteiger charge is 2.45. The van der Waals surface area contributed by atoms with Crippen LogP contribution in [0.3, 0.4) is 0 Å². The number of rotatable bonds is 8. The van der Waals surface area contributed by atoms with Crippen molar-refractivity contribution in [2.45, 2.75) is 51.7 Å². The summed E-state index contributed by atoms with van der Waals surface area (Å²) >= 11 is 6.30. The summed E-state index contributed by atoms with van der Waals surface area (Å²) in [4.78, 5) is 33.3. The molecule has 3 aromatic rings. The van der Waals surface area contributed by atoms with Crippen molar-refractivity contribution in [2.75, 3.05) is 15.5 Å². The molecule has 39 heavy (non-hydrogen) atoms. The van der Waals surface area contributed by atoms with E-state index in [2.05, 4.69) is 15.1 Å². The summed E-state index contributed by atoms with van der Waals surface area (Å²) in [5.41, 5.74) is -0.532. The van der Waals surface area contributed by atoms with Crippen LogP contribution in [-0.2, 0) is 19.7 Å². The molecule has 15 heteroatoms. The molecule has 9 nitrogen and oxygen atoms in total. The molecule has 2 aromatic carbocycles. The van der Waals surface area contributed by atoms with E-state index in [1.807, 2.05) is 0 Å². The molecule has 1 aromatic heterocycles.